The number of hydrogen-bond acceptors (Lipinski definition) is 4. The van der Waals surface area contributed by atoms with Gasteiger partial charge in [-0.05, 0) is 18.4 Å². The Labute approximate surface area is 115 Å². The van der Waals surface area contributed by atoms with E-state index in [0.717, 1.165) is 13.0 Å². The molecule has 6 nitrogen and oxygen atoms in total. The molecule has 1 aromatic heterocycles. The SMILES string of the molecule is CC(CCCl)CNc1nc2ccc([N+](=O)[O-])cc2[nH]1. The lowest BCUT2D eigenvalue weighted by Gasteiger charge is -2.09. The normalized spacial score (nSPS) is 12.5. The third-order valence-electron chi connectivity index (χ3n) is 2.90. The molecular weight excluding hydrogens is 268 g/mol. The molecule has 0 saturated carbocycles. The van der Waals surface area contributed by atoms with E-state index in [1.807, 2.05) is 0 Å². The Hall–Kier alpha value is -1.82. The van der Waals surface area contributed by atoms with Crippen molar-refractivity contribution < 1.29 is 4.92 Å². The van der Waals surface area contributed by atoms with E-state index < -0.39 is 4.92 Å². The maximum absolute atomic E-state index is 10.7. The molecule has 0 radical (unpaired) electrons. The summed E-state index contributed by atoms with van der Waals surface area (Å²) in [6.45, 7) is 2.86. The van der Waals surface area contributed by atoms with Crippen LogP contribution in [0.15, 0.2) is 18.2 Å². The van der Waals surface area contributed by atoms with Crippen molar-refractivity contribution in [3.63, 3.8) is 0 Å². The van der Waals surface area contributed by atoms with E-state index in [2.05, 4.69) is 22.2 Å². The highest BCUT2D eigenvalue weighted by Crippen LogP contribution is 2.20. The van der Waals surface area contributed by atoms with Crippen molar-refractivity contribution in [1.29, 1.82) is 0 Å². The zero-order valence-electron chi connectivity index (χ0n) is 10.5. The van der Waals surface area contributed by atoms with Crippen LogP contribution in [0.4, 0.5) is 11.6 Å². The Morgan fingerprint density at radius 1 is 1.58 bits per heavy atom. The molecule has 0 saturated heterocycles. The van der Waals surface area contributed by atoms with Crippen LogP contribution in [0, 0.1) is 16.0 Å². The zero-order chi connectivity index (χ0) is 13.8. The van der Waals surface area contributed by atoms with Gasteiger partial charge in [0.25, 0.3) is 5.69 Å². The lowest BCUT2D eigenvalue weighted by atomic mass is 10.1. The highest BCUT2D eigenvalue weighted by Gasteiger charge is 2.10. The highest BCUT2D eigenvalue weighted by atomic mass is 35.5. The molecule has 2 aromatic rings. The Morgan fingerprint density at radius 2 is 2.37 bits per heavy atom. The van der Waals surface area contributed by atoms with Crippen LogP contribution in [-0.2, 0) is 0 Å². The molecule has 0 aliphatic carbocycles. The molecule has 102 valence electrons. The molecule has 1 unspecified atom stereocenters. The summed E-state index contributed by atoms with van der Waals surface area (Å²) in [4.78, 5) is 17.6. The van der Waals surface area contributed by atoms with Crippen LogP contribution < -0.4 is 5.32 Å². The standard InChI is InChI=1S/C12H15ClN4O2/c1-8(4-5-13)7-14-12-15-10-3-2-9(17(18)19)6-11(10)16-12/h2-3,6,8H,4-5,7H2,1H3,(H2,14,15,16). The molecule has 7 heteroatoms. The van der Waals surface area contributed by atoms with E-state index in [1.165, 1.54) is 12.1 Å². The predicted octanol–water partition coefficient (Wildman–Crippen LogP) is 3.15. The lowest BCUT2D eigenvalue weighted by molar-refractivity contribution is -0.384. The minimum atomic E-state index is -0.421. The van der Waals surface area contributed by atoms with Crippen molar-refractivity contribution >= 4 is 34.3 Å². The smallest absolute Gasteiger partial charge is 0.271 e. The molecule has 2 N–H and O–H groups in total. The first kappa shape index (κ1) is 13.6. The van der Waals surface area contributed by atoms with Gasteiger partial charge in [-0.25, -0.2) is 4.98 Å². The predicted molar refractivity (Wildman–Crippen MR) is 75.7 cm³/mol. The van der Waals surface area contributed by atoms with Gasteiger partial charge in [-0.3, -0.25) is 10.1 Å². The Bertz CT molecular complexity index is 584. The van der Waals surface area contributed by atoms with Gasteiger partial charge in [0.2, 0.25) is 5.95 Å². The van der Waals surface area contributed by atoms with Gasteiger partial charge in [0.1, 0.15) is 0 Å². The van der Waals surface area contributed by atoms with Crippen molar-refractivity contribution in [1.82, 2.24) is 9.97 Å². The number of nitrogens with one attached hydrogen (secondary N) is 2. The largest absolute Gasteiger partial charge is 0.356 e. The minimum absolute atomic E-state index is 0.0539. The van der Waals surface area contributed by atoms with Gasteiger partial charge in [0.05, 0.1) is 16.0 Å². The number of fused-ring (bicyclic) bond motifs is 1. The molecule has 0 aliphatic rings. The van der Waals surface area contributed by atoms with E-state index in [9.17, 15) is 10.1 Å². The van der Waals surface area contributed by atoms with Crippen molar-refractivity contribution in [2.45, 2.75) is 13.3 Å². The number of rotatable bonds is 6. The van der Waals surface area contributed by atoms with Crippen molar-refractivity contribution in [3.8, 4) is 0 Å². The maximum Gasteiger partial charge on any atom is 0.271 e. The molecule has 2 rings (SSSR count). The van der Waals surface area contributed by atoms with Crippen LogP contribution in [0.5, 0.6) is 0 Å². The summed E-state index contributed by atoms with van der Waals surface area (Å²) in [6.07, 6.45) is 0.931. The number of alkyl halides is 1. The molecule has 0 spiro atoms. The van der Waals surface area contributed by atoms with Crippen molar-refractivity contribution in [2.75, 3.05) is 17.7 Å². The summed E-state index contributed by atoms with van der Waals surface area (Å²) in [5.74, 6) is 1.70. The van der Waals surface area contributed by atoms with Crippen LogP contribution >= 0.6 is 11.6 Å². The number of imidazole rings is 1. The third-order valence-corrected chi connectivity index (χ3v) is 3.11. The highest BCUT2D eigenvalue weighted by molar-refractivity contribution is 6.17. The number of hydrogen-bond donors (Lipinski definition) is 2. The van der Waals surface area contributed by atoms with E-state index in [4.69, 9.17) is 11.6 Å². The maximum atomic E-state index is 10.7. The summed E-state index contributed by atoms with van der Waals surface area (Å²) < 4.78 is 0. The topological polar surface area (TPSA) is 83.8 Å². The number of aromatic amines is 1. The molecule has 1 heterocycles. The third kappa shape index (κ3) is 3.35. The van der Waals surface area contributed by atoms with Gasteiger partial charge in [0, 0.05) is 24.6 Å². The number of nitro benzene ring substituents is 1. The number of nitro groups is 1. The number of halogens is 1. The van der Waals surface area contributed by atoms with E-state index in [-0.39, 0.29) is 5.69 Å². The van der Waals surface area contributed by atoms with Crippen LogP contribution in [0.2, 0.25) is 0 Å². The van der Waals surface area contributed by atoms with Gasteiger partial charge in [-0.1, -0.05) is 6.92 Å². The average Bonchev–Trinajstić information content (AvgIpc) is 2.78. The number of H-pyrrole nitrogens is 1. The number of benzene rings is 1. The molecule has 0 aliphatic heterocycles. The number of anilines is 1. The summed E-state index contributed by atoms with van der Waals surface area (Å²) in [5, 5.41) is 13.9. The van der Waals surface area contributed by atoms with Crippen molar-refractivity contribution in [3.05, 3.63) is 28.3 Å². The first-order valence-electron chi connectivity index (χ1n) is 6.04. The second kappa shape index (κ2) is 5.88. The van der Waals surface area contributed by atoms with Crippen molar-refractivity contribution in [2.24, 2.45) is 5.92 Å². The number of nitrogens with zero attached hydrogens (tertiary/aromatic N) is 2. The quantitative estimate of drug-likeness (QED) is 0.484. The van der Waals surface area contributed by atoms with Gasteiger partial charge < -0.3 is 10.3 Å². The van der Waals surface area contributed by atoms with Crippen LogP contribution in [0.1, 0.15) is 13.3 Å². The summed E-state index contributed by atoms with van der Waals surface area (Å²) in [7, 11) is 0. The molecule has 0 amide bonds. The van der Waals surface area contributed by atoms with E-state index >= 15 is 0 Å². The van der Waals surface area contributed by atoms with E-state index in [0.29, 0.717) is 28.8 Å². The fourth-order valence-corrected chi connectivity index (χ4v) is 2.13. The molecule has 1 aromatic carbocycles. The molecule has 1 atom stereocenters. The van der Waals surface area contributed by atoms with Crippen LogP contribution in [0.3, 0.4) is 0 Å². The Balaban J connectivity index is 2.11. The monoisotopic (exact) mass is 282 g/mol. The molecular formula is C12H15ClN4O2. The summed E-state index contributed by atoms with van der Waals surface area (Å²) in [6, 6.07) is 4.57. The number of non-ortho nitro benzene ring substituents is 1. The first-order chi connectivity index (χ1) is 9.10. The fraction of sp³-hybridized carbons (Fsp3) is 0.417. The first-order valence-corrected chi connectivity index (χ1v) is 6.57. The number of aromatic nitrogens is 2. The molecule has 0 fully saturated rings. The molecule has 0 bridgehead atoms. The van der Waals surface area contributed by atoms with Gasteiger partial charge in [-0.15, -0.1) is 11.6 Å². The zero-order valence-corrected chi connectivity index (χ0v) is 11.3. The Kier molecular flexibility index (Phi) is 4.21. The van der Waals surface area contributed by atoms with E-state index in [1.54, 1.807) is 6.07 Å². The Morgan fingerprint density at radius 3 is 3.05 bits per heavy atom. The summed E-state index contributed by atoms with van der Waals surface area (Å²) in [5.41, 5.74) is 1.41. The van der Waals surface area contributed by atoms with Gasteiger partial charge in [0.15, 0.2) is 0 Å². The van der Waals surface area contributed by atoms with Crippen LogP contribution in [-0.4, -0.2) is 27.3 Å². The van der Waals surface area contributed by atoms with Gasteiger partial charge in [-0.2, -0.15) is 0 Å². The minimum Gasteiger partial charge on any atom is -0.356 e. The fourth-order valence-electron chi connectivity index (χ4n) is 1.75. The second-order valence-corrected chi connectivity index (χ2v) is 4.89. The molecule has 19 heavy (non-hydrogen) atoms. The summed E-state index contributed by atoms with van der Waals surface area (Å²) >= 11 is 5.67. The van der Waals surface area contributed by atoms with Gasteiger partial charge >= 0.3 is 0 Å². The van der Waals surface area contributed by atoms with Crippen LogP contribution in [0.25, 0.3) is 11.0 Å². The average molecular weight is 283 g/mol. The lowest BCUT2D eigenvalue weighted by Crippen LogP contribution is -2.12. The second-order valence-electron chi connectivity index (χ2n) is 4.51.